The van der Waals surface area contributed by atoms with Crippen LogP contribution in [0.1, 0.15) is 11.4 Å². The van der Waals surface area contributed by atoms with Crippen molar-refractivity contribution in [2.45, 2.75) is 13.1 Å². The van der Waals surface area contributed by atoms with Crippen LogP contribution in [0.5, 0.6) is 0 Å². The molecule has 0 unspecified atom stereocenters. The molecule has 0 radical (unpaired) electrons. The van der Waals surface area contributed by atoms with Crippen LogP contribution >= 0.6 is 0 Å². The van der Waals surface area contributed by atoms with Gasteiger partial charge in [0.2, 0.25) is 0 Å². The van der Waals surface area contributed by atoms with Gasteiger partial charge >= 0.3 is 0 Å². The number of hydrogen-bond acceptors (Lipinski definition) is 6. The lowest BCUT2D eigenvalue weighted by molar-refractivity contribution is 1.01. The Hall–Kier alpha value is -4.58. The van der Waals surface area contributed by atoms with Crippen molar-refractivity contribution >= 4 is 56.0 Å². The van der Waals surface area contributed by atoms with E-state index in [9.17, 15) is 0 Å². The van der Waals surface area contributed by atoms with E-state index in [0.717, 1.165) is 55.0 Å². The first kappa shape index (κ1) is 20.1. The maximum atomic E-state index is 4.79. The van der Waals surface area contributed by atoms with Gasteiger partial charge in [-0.05, 0) is 24.3 Å². The number of nitrogens with zero attached hydrogens (tertiary/aromatic N) is 6. The SMILES string of the molecule is C(C=NCc1ccc2ccc3cccnc3c2n1)=NCc1ccc2ccc3cccnc3c2n1. The fourth-order valence-electron chi connectivity index (χ4n) is 4.09. The summed E-state index contributed by atoms with van der Waals surface area (Å²) in [6.45, 7) is 0.966. The predicted octanol–water partition coefficient (Wildman–Crippen LogP) is 5.72. The van der Waals surface area contributed by atoms with Gasteiger partial charge in [0.25, 0.3) is 0 Å². The third-order valence-electron chi connectivity index (χ3n) is 5.76. The fraction of sp³-hybridized carbons (Fsp3) is 0.0714. The third-order valence-corrected chi connectivity index (χ3v) is 5.76. The van der Waals surface area contributed by atoms with Crippen LogP contribution in [-0.2, 0) is 13.1 Å². The summed E-state index contributed by atoms with van der Waals surface area (Å²) in [4.78, 5) is 27.5. The van der Waals surface area contributed by atoms with Crippen molar-refractivity contribution < 1.29 is 0 Å². The van der Waals surface area contributed by atoms with Crippen LogP contribution in [0.15, 0.2) is 95.2 Å². The summed E-state index contributed by atoms with van der Waals surface area (Å²) in [6.07, 6.45) is 7.03. The van der Waals surface area contributed by atoms with E-state index in [1.54, 1.807) is 24.8 Å². The second-order valence-electron chi connectivity index (χ2n) is 8.01. The van der Waals surface area contributed by atoms with Gasteiger partial charge in [-0.2, -0.15) is 0 Å². The molecule has 0 aliphatic heterocycles. The molecule has 4 heterocycles. The van der Waals surface area contributed by atoms with E-state index in [1.807, 2.05) is 36.4 Å². The van der Waals surface area contributed by atoms with E-state index in [2.05, 4.69) is 56.4 Å². The molecular weight excluding hydrogens is 420 g/mol. The highest BCUT2D eigenvalue weighted by atomic mass is 14.8. The van der Waals surface area contributed by atoms with E-state index in [1.165, 1.54) is 0 Å². The number of benzene rings is 2. The molecule has 0 aliphatic rings. The number of pyridine rings is 4. The van der Waals surface area contributed by atoms with E-state index in [0.29, 0.717) is 13.1 Å². The van der Waals surface area contributed by atoms with E-state index in [4.69, 9.17) is 9.97 Å². The summed E-state index contributed by atoms with van der Waals surface area (Å²) in [7, 11) is 0. The molecule has 6 aromatic rings. The lowest BCUT2D eigenvalue weighted by atomic mass is 10.1. The molecule has 0 atom stereocenters. The first-order valence-electron chi connectivity index (χ1n) is 11.1. The van der Waals surface area contributed by atoms with Gasteiger partial charge in [0.15, 0.2) is 0 Å². The lowest BCUT2D eigenvalue weighted by Crippen LogP contribution is -1.93. The molecule has 34 heavy (non-hydrogen) atoms. The number of fused-ring (bicyclic) bond motifs is 6. The summed E-state index contributed by atoms with van der Waals surface area (Å²) in [5.41, 5.74) is 5.43. The van der Waals surface area contributed by atoms with Crippen molar-refractivity contribution in [3.63, 3.8) is 0 Å². The molecule has 0 saturated carbocycles. The Kier molecular flexibility index (Phi) is 5.16. The Morgan fingerprint density at radius 2 is 0.912 bits per heavy atom. The summed E-state index contributed by atoms with van der Waals surface area (Å²) in [5, 5.41) is 4.32. The molecule has 0 aliphatic carbocycles. The van der Waals surface area contributed by atoms with Crippen LogP contribution in [-0.4, -0.2) is 32.4 Å². The van der Waals surface area contributed by atoms with Crippen LogP contribution in [0.25, 0.3) is 43.6 Å². The van der Waals surface area contributed by atoms with Gasteiger partial charge in [-0.3, -0.25) is 20.0 Å². The van der Waals surface area contributed by atoms with Gasteiger partial charge in [-0.15, -0.1) is 0 Å². The monoisotopic (exact) mass is 440 g/mol. The number of hydrogen-bond donors (Lipinski definition) is 0. The molecule has 0 N–H and O–H groups in total. The van der Waals surface area contributed by atoms with Crippen LogP contribution in [0.2, 0.25) is 0 Å². The zero-order valence-corrected chi connectivity index (χ0v) is 18.3. The van der Waals surface area contributed by atoms with Gasteiger partial charge in [0.1, 0.15) is 0 Å². The Morgan fingerprint density at radius 3 is 1.38 bits per heavy atom. The van der Waals surface area contributed by atoms with Crippen molar-refractivity contribution in [1.29, 1.82) is 0 Å². The molecule has 0 fully saturated rings. The highest BCUT2D eigenvalue weighted by molar-refractivity contribution is 6.16. The van der Waals surface area contributed by atoms with Gasteiger partial charge in [-0.25, -0.2) is 9.97 Å². The third kappa shape index (κ3) is 3.86. The van der Waals surface area contributed by atoms with Crippen molar-refractivity contribution in [2.24, 2.45) is 9.98 Å². The summed E-state index contributed by atoms with van der Waals surface area (Å²) in [5.74, 6) is 0. The van der Waals surface area contributed by atoms with Crippen LogP contribution < -0.4 is 0 Å². The van der Waals surface area contributed by atoms with Gasteiger partial charge in [0.05, 0.1) is 46.5 Å². The first-order valence-corrected chi connectivity index (χ1v) is 11.1. The predicted molar refractivity (Wildman–Crippen MR) is 138 cm³/mol. The Morgan fingerprint density at radius 1 is 0.500 bits per heavy atom. The molecule has 0 saturated heterocycles. The Bertz CT molecular complexity index is 1590. The molecule has 4 aromatic heterocycles. The second kappa shape index (κ2) is 8.75. The van der Waals surface area contributed by atoms with Crippen molar-refractivity contribution in [3.8, 4) is 0 Å². The molecule has 6 rings (SSSR count). The highest BCUT2D eigenvalue weighted by Crippen LogP contribution is 2.23. The Labute approximate surface area is 195 Å². The lowest BCUT2D eigenvalue weighted by Gasteiger charge is -2.04. The fourth-order valence-corrected chi connectivity index (χ4v) is 4.09. The standard InChI is InChI=1S/C28H20N6/c1-3-19-5-7-21-9-11-23(33-27(21)25(19)31-13-1)17-29-15-16-30-18-24-12-10-22-8-6-20-4-2-14-32-26(20)28(22)34-24/h1-16H,17-18H2. The highest BCUT2D eigenvalue weighted by Gasteiger charge is 2.05. The summed E-state index contributed by atoms with van der Waals surface area (Å²) < 4.78 is 0. The molecule has 6 nitrogen and oxygen atoms in total. The summed E-state index contributed by atoms with van der Waals surface area (Å²) >= 11 is 0. The first-order chi connectivity index (χ1) is 16.8. The van der Waals surface area contributed by atoms with E-state index >= 15 is 0 Å². The van der Waals surface area contributed by atoms with Crippen LogP contribution in [0.3, 0.4) is 0 Å². The smallest absolute Gasteiger partial charge is 0.0968 e. The maximum absolute atomic E-state index is 4.79. The number of aliphatic imine (C=N–C) groups is 2. The summed E-state index contributed by atoms with van der Waals surface area (Å²) in [6, 6.07) is 24.4. The minimum Gasteiger partial charge on any atom is -0.285 e. The van der Waals surface area contributed by atoms with Crippen molar-refractivity contribution in [1.82, 2.24) is 19.9 Å². The van der Waals surface area contributed by atoms with Gasteiger partial charge < -0.3 is 0 Å². The molecule has 0 bridgehead atoms. The zero-order valence-electron chi connectivity index (χ0n) is 18.3. The molecule has 2 aromatic carbocycles. The Balaban J connectivity index is 1.16. The normalized spacial score (nSPS) is 12.1. The van der Waals surface area contributed by atoms with Crippen LogP contribution in [0, 0.1) is 0 Å². The maximum Gasteiger partial charge on any atom is 0.0968 e. The average molecular weight is 441 g/mol. The minimum atomic E-state index is 0.483. The average Bonchev–Trinajstić information content (AvgIpc) is 2.90. The minimum absolute atomic E-state index is 0.483. The topological polar surface area (TPSA) is 76.3 Å². The van der Waals surface area contributed by atoms with Crippen LogP contribution in [0.4, 0.5) is 0 Å². The van der Waals surface area contributed by atoms with Gasteiger partial charge in [-0.1, -0.05) is 48.5 Å². The molecule has 0 amide bonds. The largest absolute Gasteiger partial charge is 0.285 e. The van der Waals surface area contributed by atoms with Crippen molar-refractivity contribution in [2.75, 3.05) is 0 Å². The van der Waals surface area contributed by atoms with E-state index < -0.39 is 0 Å². The number of rotatable bonds is 5. The van der Waals surface area contributed by atoms with E-state index in [-0.39, 0.29) is 0 Å². The molecule has 6 heteroatoms. The van der Waals surface area contributed by atoms with Gasteiger partial charge in [0, 0.05) is 46.4 Å². The molecule has 162 valence electrons. The number of aromatic nitrogens is 4. The van der Waals surface area contributed by atoms with Crippen molar-refractivity contribution in [3.05, 3.63) is 96.6 Å². The molecular formula is C28H20N6. The quantitative estimate of drug-likeness (QED) is 0.254. The second-order valence-corrected chi connectivity index (χ2v) is 8.01. The zero-order chi connectivity index (χ0) is 22.7. The molecule has 0 spiro atoms.